The summed E-state index contributed by atoms with van der Waals surface area (Å²) < 4.78 is 4.94. The number of benzene rings is 1. The summed E-state index contributed by atoms with van der Waals surface area (Å²) in [5, 5.41) is 22.3. The van der Waals surface area contributed by atoms with E-state index in [1.54, 1.807) is 0 Å². The Balaban J connectivity index is 2.38. The molecule has 0 aromatic heterocycles. The summed E-state index contributed by atoms with van der Waals surface area (Å²) in [6, 6.07) is 3.96. The molecule has 2 rings (SSSR count). The maximum Gasteiger partial charge on any atom is 0.329 e. The van der Waals surface area contributed by atoms with Crippen LogP contribution in [0.15, 0.2) is 18.2 Å². The van der Waals surface area contributed by atoms with E-state index in [0.29, 0.717) is 12.8 Å². The van der Waals surface area contributed by atoms with Crippen LogP contribution in [0.3, 0.4) is 0 Å². The van der Waals surface area contributed by atoms with Gasteiger partial charge in [0.15, 0.2) is 5.56 Å². The van der Waals surface area contributed by atoms with Crippen LogP contribution in [0.5, 0.6) is 5.75 Å². The van der Waals surface area contributed by atoms with Gasteiger partial charge in [-0.2, -0.15) is 0 Å². The minimum absolute atomic E-state index is 0.0258. The van der Waals surface area contributed by atoms with Crippen molar-refractivity contribution in [3.8, 4) is 5.75 Å². The number of amides is 1. The fourth-order valence-electron chi connectivity index (χ4n) is 1.87. The monoisotopic (exact) mass is 280 g/mol. The molecule has 1 saturated carbocycles. The molecule has 0 bridgehead atoms. The zero-order valence-electron chi connectivity index (χ0n) is 10.6. The molecule has 0 atom stereocenters. The molecule has 1 aromatic rings. The van der Waals surface area contributed by atoms with Gasteiger partial charge in [-0.15, -0.1) is 0 Å². The summed E-state index contributed by atoms with van der Waals surface area (Å²) in [6.07, 6.45) is 0.605. The number of nitrogens with zero attached hydrogens (tertiary/aromatic N) is 1. The number of carbonyl (C=O) groups excluding carboxylic acids is 1. The Hall–Kier alpha value is -2.64. The number of aliphatic carboxylic acids is 1. The van der Waals surface area contributed by atoms with Gasteiger partial charge >= 0.3 is 5.97 Å². The van der Waals surface area contributed by atoms with Crippen molar-refractivity contribution in [2.75, 3.05) is 7.11 Å². The van der Waals surface area contributed by atoms with Gasteiger partial charge in [-0.25, -0.2) is 4.79 Å². The lowest BCUT2D eigenvalue weighted by atomic mass is 10.1. The predicted octanol–water partition coefficient (Wildman–Crippen LogP) is 0.950. The highest BCUT2D eigenvalue weighted by atomic mass is 16.6. The smallest absolute Gasteiger partial charge is 0.329 e. The summed E-state index contributed by atoms with van der Waals surface area (Å²) in [6.45, 7) is 0. The molecule has 1 aliphatic rings. The van der Waals surface area contributed by atoms with Crippen molar-refractivity contribution in [1.82, 2.24) is 5.32 Å². The molecule has 106 valence electrons. The van der Waals surface area contributed by atoms with E-state index in [9.17, 15) is 19.7 Å². The Bertz CT molecular complexity index is 594. The molecule has 8 nitrogen and oxygen atoms in total. The van der Waals surface area contributed by atoms with Crippen LogP contribution in [0.25, 0.3) is 0 Å². The molecule has 1 aliphatic carbocycles. The van der Waals surface area contributed by atoms with Gasteiger partial charge in [0, 0.05) is 6.07 Å². The molecule has 1 amide bonds. The molecular weight excluding hydrogens is 268 g/mol. The van der Waals surface area contributed by atoms with Gasteiger partial charge in [0.05, 0.1) is 12.0 Å². The van der Waals surface area contributed by atoms with E-state index >= 15 is 0 Å². The Morgan fingerprint density at radius 2 is 2.10 bits per heavy atom. The molecule has 20 heavy (non-hydrogen) atoms. The van der Waals surface area contributed by atoms with Crippen molar-refractivity contribution in [1.29, 1.82) is 0 Å². The van der Waals surface area contributed by atoms with Crippen LogP contribution >= 0.6 is 0 Å². The third-order valence-electron chi connectivity index (χ3n) is 3.16. The first kappa shape index (κ1) is 13.8. The van der Waals surface area contributed by atoms with Crippen LogP contribution in [0.2, 0.25) is 0 Å². The number of carbonyl (C=O) groups is 2. The maximum absolute atomic E-state index is 12.2. The minimum atomic E-state index is -1.31. The molecule has 1 fully saturated rings. The topological polar surface area (TPSA) is 119 Å². The largest absolute Gasteiger partial charge is 0.496 e. The van der Waals surface area contributed by atoms with E-state index in [1.165, 1.54) is 19.2 Å². The van der Waals surface area contributed by atoms with E-state index in [4.69, 9.17) is 9.84 Å². The van der Waals surface area contributed by atoms with Gasteiger partial charge in [-0.1, -0.05) is 6.07 Å². The zero-order valence-corrected chi connectivity index (χ0v) is 10.6. The second-order valence-corrected chi connectivity index (χ2v) is 4.45. The maximum atomic E-state index is 12.2. The Kier molecular flexibility index (Phi) is 3.31. The number of hydrogen-bond donors (Lipinski definition) is 2. The van der Waals surface area contributed by atoms with E-state index in [2.05, 4.69) is 5.32 Å². The minimum Gasteiger partial charge on any atom is -0.496 e. The number of carboxylic acids is 1. The van der Waals surface area contributed by atoms with Gasteiger partial charge in [-0.3, -0.25) is 14.9 Å². The Labute approximate surface area is 113 Å². The number of methoxy groups -OCH3 is 1. The van der Waals surface area contributed by atoms with E-state index in [-0.39, 0.29) is 11.3 Å². The molecule has 0 heterocycles. The lowest BCUT2D eigenvalue weighted by Gasteiger charge is -2.14. The lowest BCUT2D eigenvalue weighted by molar-refractivity contribution is -0.385. The number of nitrogens with one attached hydrogen (secondary N) is 1. The Morgan fingerprint density at radius 1 is 1.45 bits per heavy atom. The molecule has 0 saturated heterocycles. The zero-order chi connectivity index (χ0) is 14.9. The van der Waals surface area contributed by atoms with Crippen molar-refractivity contribution >= 4 is 17.6 Å². The molecule has 1 aromatic carbocycles. The first-order chi connectivity index (χ1) is 9.41. The van der Waals surface area contributed by atoms with Crippen LogP contribution < -0.4 is 10.1 Å². The molecule has 0 aliphatic heterocycles. The van der Waals surface area contributed by atoms with Crippen LogP contribution in [-0.4, -0.2) is 34.6 Å². The van der Waals surface area contributed by atoms with Crippen molar-refractivity contribution in [2.24, 2.45) is 0 Å². The lowest BCUT2D eigenvalue weighted by Crippen LogP contribution is -2.43. The fraction of sp³-hybridized carbons (Fsp3) is 0.333. The summed E-state index contributed by atoms with van der Waals surface area (Å²) in [7, 11) is 1.28. The first-order valence-corrected chi connectivity index (χ1v) is 5.78. The highest BCUT2D eigenvalue weighted by Crippen LogP contribution is 2.37. The predicted molar refractivity (Wildman–Crippen MR) is 66.7 cm³/mol. The average Bonchev–Trinajstić information content (AvgIpc) is 3.18. The second kappa shape index (κ2) is 4.80. The van der Waals surface area contributed by atoms with E-state index < -0.39 is 28.0 Å². The van der Waals surface area contributed by atoms with Crippen LogP contribution in [0.4, 0.5) is 5.69 Å². The molecular formula is C12H12N2O6. The quantitative estimate of drug-likeness (QED) is 0.612. The highest BCUT2D eigenvalue weighted by Gasteiger charge is 2.52. The van der Waals surface area contributed by atoms with Gasteiger partial charge in [0.25, 0.3) is 11.6 Å². The van der Waals surface area contributed by atoms with E-state index in [0.717, 1.165) is 6.07 Å². The van der Waals surface area contributed by atoms with Gasteiger partial charge in [-0.05, 0) is 18.9 Å². The van der Waals surface area contributed by atoms with E-state index in [1.807, 2.05) is 0 Å². The van der Waals surface area contributed by atoms with Crippen molar-refractivity contribution in [2.45, 2.75) is 18.4 Å². The summed E-state index contributed by atoms with van der Waals surface area (Å²) in [5.41, 5.74) is -2.01. The third-order valence-corrected chi connectivity index (χ3v) is 3.16. The van der Waals surface area contributed by atoms with Crippen LogP contribution in [0.1, 0.15) is 23.2 Å². The van der Waals surface area contributed by atoms with Crippen molar-refractivity contribution in [3.63, 3.8) is 0 Å². The number of carboxylic acid groups (broad SMARTS) is 1. The number of nitro groups is 1. The summed E-state index contributed by atoms with van der Waals surface area (Å²) >= 11 is 0. The molecule has 0 spiro atoms. The molecule has 2 N–H and O–H groups in total. The normalized spacial score (nSPS) is 15.2. The third kappa shape index (κ3) is 2.27. The van der Waals surface area contributed by atoms with Crippen molar-refractivity contribution < 1.29 is 24.4 Å². The Morgan fingerprint density at radius 3 is 2.55 bits per heavy atom. The van der Waals surface area contributed by atoms with Gasteiger partial charge in [0.2, 0.25) is 0 Å². The summed E-state index contributed by atoms with van der Waals surface area (Å²) in [4.78, 5) is 33.4. The number of nitro benzene ring substituents is 1. The number of ether oxygens (including phenoxy) is 1. The summed E-state index contributed by atoms with van der Waals surface area (Å²) in [5.74, 6) is -1.95. The van der Waals surface area contributed by atoms with Gasteiger partial charge in [0.1, 0.15) is 11.3 Å². The number of rotatable bonds is 5. The first-order valence-electron chi connectivity index (χ1n) is 5.78. The highest BCUT2D eigenvalue weighted by molar-refractivity contribution is 6.03. The van der Waals surface area contributed by atoms with Crippen molar-refractivity contribution in [3.05, 3.63) is 33.9 Å². The molecule has 0 radical (unpaired) electrons. The second-order valence-electron chi connectivity index (χ2n) is 4.45. The standard InChI is InChI=1S/C12H12N2O6/c1-20-8-4-2-3-7(14(18)19)9(8)10(15)13-12(5-6-12)11(16)17/h2-4H,5-6H2,1H3,(H,13,15)(H,16,17). The van der Waals surface area contributed by atoms with Crippen LogP contribution in [-0.2, 0) is 4.79 Å². The van der Waals surface area contributed by atoms with Crippen LogP contribution in [0, 0.1) is 10.1 Å². The molecule has 8 heteroatoms. The SMILES string of the molecule is COc1cccc([N+](=O)[O-])c1C(=O)NC1(C(=O)O)CC1. The fourth-order valence-corrected chi connectivity index (χ4v) is 1.87. The number of hydrogen-bond acceptors (Lipinski definition) is 5. The molecule has 0 unspecified atom stereocenters. The average molecular weight is 280 g/mol. The van der Waals surface area contributed by atoms with Gasteiger partial charge < -0.3 is 15.2 Å².